The van der Waals surface area contributed by atoms with E-state index in [0.29, 0.717) is 25.1 Å². The van der Waals surface area contributed by atoms with E-state index in [1.165, 1.54) is 6.07 Å². The zero-order chi connectivity index (χ0) is 10.6. The lowest BCUT2D eigenvalue weighted by atomic mass is 10.2. The van der Waals surface area contributed by atoms with Gasteiger partial charge in [0.2, 0.25) is 0 Å². The SMILES string of the molecule is NCCCc1cccc(C(F)(F)F)n1. The number of alkyl halides is 3. The Morgan fingerprint density at radius 1 is 1.29 bits per heavy atom. The predicted molar refractivity (Wildman–Crippen MR) is 46.6 cm³/mol. The minimum absolute atomic E-state index is 0.435. The van der Waals surface area contributed by atoms with Gasteiger partial charge in [0.15, 0.2) is 0 Å². The molecule has 1 rings (SSSR count). The van der Waals surface area contributed by atoms with Crippen molar-refractivity contribution >= 4 is 0 Å². The molecule has 0 aliphatic heterocycles. The van der Waals surface area contributed by atoms with Gasteiger partial charge in [-0.3, -0.25) is 0 Å². The molecule has 0 spiro atoms. The lowest BCUT2D eigenvalue weighted by molar-refractivity contribution is -0.141. The minimum atomic E-state index is -4.36. The van der Waals surface area contributed by atoms with Crippen LogP contribution in [0.1, 0.15) is 17.8 Å². The van der Waals surface area contributed by atoms with Gasteiger partial charge in [0.05, 0.1) is 0 Å². The summed E-state index contributed by atoms with van der Waals surface area (Å²) in [6, 6.07) is 3.90. The van der Waals surface area contributed by atoms with Crippen LogP contribution in [0.2, 0.25) is 0 Å². The van der Waals surface area contributed by atoms with Crippen molar-refractivity contribution in [3.8, 4) is 0 Å². The quantitative estimate of drug-likeness (QED) is 0.817. The van der Waals surface area contributed by atoms with Crippen molar-refractivity contribution in [3.05, 3.63) is 29.6 Å². The highest BCUT2D eigenvalue weighted by molar-refractivity contribution is 5.13. The molecule has 0 saturated carbocycles. The molecule has 0 amide bonds. The first-order chi connectivity index (χ1) is 6.54. The molecule has 1 aromatic rings. The molecule has 0 aromatic carbocycles. The summed E-state index contributed by atoms with van der Waals surface area (Å²) in [4.78, 5) is 3.50. The van der Waals surface area contributed by atoms with E-state index in [2.05, 4.69) is 4.98 Å². The number of pyridine rings is 1. The number of rotatable bonds is 3. The van der Waals surface area contributed by atoms with Crippen molar-refractivity contribution in [1.29, 1.82) is 0 Å². The van der Waals surface area contributed by atoms with Crippen LogP contribution in [-0.4, -0.2) is 11.5 Å². The molecule has 0 radical (unpaired) electrons. The number of hydrogen-bond acceptors (Lipinski definition) is 2. The van der Waals surface area contributed by atoms with Crippen LogP contribution in [0.5, 0.6) is 0 Å². The van der Waals surface area contributed by atoms with E-state index in [1.807, 2.05) is 0 Å². The van der Waals surface area contributed by atoms with Crippen LogP contribution >= 0.6 is 0 Å². The standard InChI is InChI=1S/C9H11F3N2/c10-9(11,12)8-5-1-3-7(14-8)4-2-6-13/h1,3,5H,2,4,6,13H2. The number of halogens is 3. The first-order valence-electron chi connectivity index (χ1n) is 4.27. The molecule has 0 atom stereocenters. The Morgan fingerprint density at radius 3 is 2.57 bits per heavy atom. The maximum absolute atomic E-state index is 12.2. The first kappa shape index (κ1) is 11.0. The molecular formula is C9H11F3N2. The van der Waals surface area contributed by atoms with Crippen molar-refractivity contribution in [2.45, 2.75) is 19.0 Å². The summed E-state index contributed by atoms with van der Waals surface area (Å²) in [5, 5.41) is 0. The second kappa shape index (κ2) is 4.41. The van der Waals surface area contributed by atoms with Gasteiger partial charge in [-0.25, -0.2) is 4.98 Å². The lowest BCUT2D eigenvalue weighted by Gasteiger charge is -2.06. The Labute approximate surface area is 79.9 Å². The fourth-order valence-electron chi connectivity index (χ4n) is 1.06. The van der Waals surface area contributed by atoms with Crippen LogP contribution in [0.15, 0.2) is 18.2 Å². The van der Waals surface area contributed by atoms with Gasteiger partial charge in [0.25, 0.3) is 0 Å². The normalized spacial score (nSPS) is 11.7. The first-order valence-corrected chi connectivity index (χ1v) is 4.27. The molecule has 5 heteroatoms. The third-order valence-electron chi connectivity index (χ3n) is 1.73. The van der Waals surface area contributed by atoms with E-state index in [1.54, 1.807) is 6.07 Å². The molecular weight excluding hydrogens is 193 g/mol. The van der Waals surface area contributed by atoms with Gasteiger partial charge in [-0.1, -0.05) is 6.07 Å². The van der Waals surface area contributed by atoms with Crippen molar-refractivity contribution in [3.63, 3.8) is 0 Å². The fourth-order valence-corrected chi connectivity index (χ4v) is 1.06. The van der Waals surface area contributed by atoms with Crippen LogP contribution < -0.4 is 5.73 Å². The lowest BCUT2D eigenvalue weighted by Crippen LogP contribution is -2.09. The third kappa shape index (κ3) is 2.99. The Kier molecular flexibility index (Phi) is 3.46. The van der Waals surface area contributed by atoms with E-state index in [4.69, 9.17) is 5.73 Å². The Hall–Kier alpha value is -1.10. The maximum Gasteiger partial charge on any atom is 0.433 e. The van der Waals surface area contributed by atoms with Crippen molar-refractivity contribution in [1.82, 2.24) is 4.98 Å². The van der Waals surface area contributed by atoms with E-state index < -0.39 is 11.9 Å². The zero-order valence-electron chi connectivity index (χ0n) is 7.51. The fraction of sp³-hybridized carbons (Fsp3) is 0.444. The van der Waals surface area contributed by atoms with Crippen LogP contribution in [0, 0.1) is 0 Å². The summed E-state index contributed by atoms with van der Waals surface area (Å²) in [6.45, 7) is 0.456. The second-order valence-corrected chi connectivity index (χ2v) is 2.90. The average molecular weight is 204 g/mol. The average Bonchev–Trinajstić information content (AvgIpc) is 2.14. The van der Waals surface area contributed by atoms with Gasteiger partial charge in [0, 0.05) is 5.69 Å². The summed E-state index contributed by atoms with van der Waals surface area (Å²) in [7, 11) is 0. The molecule has 0 aliphatic rings. The highest BCUT2D eigenvalue weighted by Crippen LogP contribution is 2.27. The second-order valence-electron chi connectivity index (χ2n) is 2.90. The van der Waals surface area contributed by atoms with Crippen molar-refractivity contribution in [2.75, 3.05) is 6.54 Å². The number of hydrogen-bond donors (Lipinski definition) is 1. The summed E-state index contributed by atoms with van der Waals surface area (Å²) in [5.41, 5.74) is 4.84. The van der Waals surface area contributed by atoms with Gasteiger partial charge in [-0.15, -0.1) is 0 Å². The highest BCUT2D eigenvalue weighted by Gasteiger charge is 2.32. The van der Waals surface area contributed by atoms with Crippen molar-refractivity contribution in [2.24, 2.45) is 5.73 Å². The van der Waals surface area contributed by atoms with Crippen LogP contribution in [0.4, 0.5) is 13.2 Å². The van der Waals surface area contributed by atoms with Crippen LogP contribution in [0.3, 0.4) is 0 Å². The number of aryl methyl sites for hydroxylation is 1. The molecule has 2 N–H and O–H groups in total. The van der Waals surface area contributed by atoms with E-state index in [9.17, 15) is 13.2 Å². The minimum Gasteiger partial charge on any atom is -0.330 e. The molecule has 1 heterocycles. The van der Waals surface area contributed by atoms with Gasteiger partial charge in [-0.05, 0) is 31.5 Å². The molecule has 1 aromatic heterocycles. The topological polar surface area (TPSA) is 38.9 Å². The Morgan fingerprint density at radius 2 is 2.00 bits per heavy atom. The number of aromatic nitrogens is 1. The Balaban J connectivity index is 2.79. The molecule has 2 nitrogen and oxygen atoms in total. The van der Waals surface area contributed by atoms with Crippen LogP contribution in [-0.2, 0) is 12.6 Å². The van der Waals surface area contributed by atoms with E-state index in [0.717, 1.165) is 6.07 Å². The molecule has 0 unspecified atom stereocenters. The molecule has 0 fully saturated rings. The van der Waals surface area contributed by atoms with Gasteiger partial charge >= 0.3 is 6.18 Å². The third-order valence-corrected chi connectivity index (χ3v) is 1.73. The molecule has 78 valence electrons. The number of nitrogens with zero attached hydrogens (tertiary/aromatic N) is 1. The molecule has 14 heavy (non-hydrogen) atoms. The summed E-state index contributed by atoms with van der Waals surface area (Å²) in [5.74, 6) is 0. The summed E-state index contributed by atoms with van der Waals surface area (Å²) in [6.07, 6.45) is -3.23. The van der Waals surface area contributed by atoms with Crippen molar-refractivity contribution < 1.29 is 13.2 Å². The molecule has 0 aliphatic carbocycles. The van der Waals surface area contributed by atoms with Gasteiger partial charge in [0.1, 0.15) is 5.69 Å². The van der Waals surface area contributed by atoms with E-state index in [-0.39, 0.29) is 0 Å². The summed E-state index contributed by atoms with van der Waals surface area (Å²) >= 11 is 0. The predicted octanol–water partition coefficient (Wildman–Crippen LogP) is 1.99. The number of nitrogens with two attached hydrogens (primary N) is 1. The molecule has 0 bridgehead atoms. The largest absolute Gasteiger partial charge is 0.433 e. The van der Waals surface area contributed by atoms with E-state index >= 15 is 0 Å². The zero-order valence-corrected chi connectivity index (χ0v) is 7.51. The van der Waals surface area contributed by atoms with Gasteiger partial charge < -0.3 is 5.73 Å². The smallest absolute Gasteiger partial charge is 0.330 e. The summed E-state index contributed by atoms with van der Waals surface area (Å²) < 4.78 is 36.6. The monoisotopic (exact) mass is 204 g/mol. The highest BCUT2D eigenvalue weighted by atomic mass is 19.4. The van der Waals surface area contributed by atoms with Crippen LogP contribution in [0.25, 0.3) is 0 Å². The maximum atomic E-state index is 12.2. The molecule has 0 saturated heterocycles. The Bertz CT molecular complexity index is 296. The van der Waals surface area contributed by atoms with Gasteiger partial charge in [-0.2, -0.15) is 13.2 Å².